The molecule has 2 aromatic heterocycles. The standard InChI is InChI=1S/C22H21N3O2S2/c1-3-14-10-7-11-16-17(12-23-19(14)16)20(26)21(15-8-5-4-6-9-15)29-22-25-24-18(27-22)13-28-2/h4-12,21,23H,3,13H2,1-2H3/t21-/m0/s1. The maximum atomic E-state index is 13.6. The Morgan fingerprint density at radius 2 is 1.97 bits per heavy atom. The van der Waals surface area contributed by atoms with Crippen molar-refractivity contribution in [3.05, 3.63) is 77.3 Å². The highest BCUT2D eigenvalue weighted by Crippen LogP contribution is 2.38. The van der Waals surface area contributed by atoms with E-state index in [1.54, 1.807) is 11.8 Å². The predicted octanol–water partition coefficient (Wildman–Crippen LogP) is 5.69. The van der Waals surface area contributed by atoms with Crippen LogP contribution >= 0.6 is 23.5 Å². The quantitative estimate of drug-likeness (QED) is 0.290. The summed E-state index contributed by atoms with van der Waals surface area (Å²) >= 11 is 2.92. The van der Waals surface area contributed by atoms with Crippen LogP contribution < -0.4 is 0 Å². The van der Waals surface area contributed by atoms with E-state index in [1.807, 2.05) is 54.9 Å². The molecule has 0 spiro atoms. The Morgan fingerprint density at radius 3 is 2.72 bits per heavy atom. The Kier molecular flexibility index (Phi) is 6.06. The zero-order valence-corrected chi connectivity index (χ0v) is 17.8. The average Bonchev–Trinajstić information content (AvgIpc) is 3.39. The number of para-hydroxylation sites is 1. The van der Waals surface area contributed by atoms with Gasteiger partial charge in [-0.15, -0.1) is 10.2 Å². The van der Waals surface area contributed by atoms with Crippen molar-refractivity contribution < 1.29 is 9.21 Å². The van der Waals surface area contributed by atoms with Gasteiger partial charge in [0.15, 0.2) is 5.78 Å². The van der Waals surface area contributed by atoms with Crippen molar-refractivity contribution in [3.8, 4) is 0 Å². The van der Waals surface area contributed by atoms with Crippen LogP contribution in [0.3, 0.4) is 0 Å². The number of H-pyrrole nitrogens is 1. The third-order valence-electron chi connectivity index (χ3n) is 4.72. The van der Waals surface area contributed by atoms with Gasteiger partial charge in [-0.25, -0.2) is 0 Å². The number of ketones is 1. The Balaban J connectivity index is 1.72. The van der Waals surface area contributed by atoms with E-state index in [9.17, 15) is 4.79 Å². The smallest absolute Gasteiger partial charge is 0.277 e. The number of aromatic amines is 1. The highest BCUT2D eigenvalue weighted by atomic mass is 32.2. The molecule has 0 fully saturated rings. The first-order valence-corrected chi connectivity index (χ1v) is 11.6. The van der Waals surface area contributed by atoms with Gasteiger partial charge in [0.2, 0.25) is 5.89 Å². The monoisotopic (exact) mass is 423 g/mol. The number of carbonyl (C=O) groups is 1. The van der Waals surface area contributed by atoms with Gasteiger partial charge in [-0.05, 0) is 35.6 Å². The summed E-state index contributed by atoms with van der Waals surface area (Å²) < 4.78 is 5.73. The molecule has 4 rings (SSSR count). The van der Waals surface area contributed by atoms with Crippen LogP contribution in [0.4, 0.5) is 0 Å². The normalized spacial score (nSPS) is 12.3. The van der Waals surface area contributed by atoms with E-state index < -0.39 is 5.25 Å². The molecule has 0 bridgehead atoms. The number of hydrogen-bond acceptors (Lipinski definition) is 6. The molecule has 29 heavy (non-hydrogen) atoms. The highest BCUT2D eigenvalue weighted by molar-refractivity contribution is 8.00. The lowest BCUT2D eigenvalue weighted by Crippen LogP contribution is -2.09. The van der Waals surface area contributed by atoms with E-state index in [4.69, 9.17) is 4.42 Å². The molecular weight excluding hydrogens is 402 g/mol. The summed E-state index contributed by atoms with van der Waals surface area (Å²) in [6, 6.07) is 15.8. The molecule has 2 aromatic carbocycles. The SMILES string of the molecule is CCc1cccc2c(C(=O)[C@@H](Sc3nnc(CSC)o3)c3ccccc3)c[nH]c12. The maximum absolute atomic E-state index is 13.6. The van der Waals surface area contributed by atoms with E-state index >= 15 is 0 Å². The summed E-state index contributed by atoms with van der Waals surface area (Å²) in [5.41, 5.74) is 3.81. The summed E-state index contributed by atoms with van der Waals surface area (Å²) in [6.07, 6.45) is 4.70. The van der Waals surface area contributed by atoms with Crippen LogP contribution in [0.15, 0.2) is 64.4 Å². The van der Waals surface area contributed by atoms with Crippen LogP contribution in [-0.2, 0) is 12.2 Å². The second kappa shape index (κ2) is 8.88. The molecule has 148 valence electrons. The molecule has 2 heterocycles. The van der Waals surface area contributed by atoms with Gasteiger partial charge in [0.25, 0.3) is 5.22 Å². The van der Waals surface area contributed by atoms with Gasteiger partial charge in [-0.3, -0.25) is 4.79 Å². The summed E-state index contributed by atoms with van der Waals surface area (Å²) in [4.78, 5) is 16.9. The lowest BCUT2D eigenvalue weighted by molar-refractivity contribution is 0.0990. The molecule has 0 saturated heterocycles. The largest absolute Gasteiger partial charge is 0.415 e. The fourth-order valence-corrected chi connectivity index (χ4v) is 4.65. The van der Waals surface area contributed by atoms with E-state index in [0.717, 1.165) is 22.9 Å². The zero-order valence-electron chi connectivity index (χ0n) is 16.2. The van der Waals surface area contributed by atoms with Gasteiger partial charge in [0.1, 0.15) is 5.25 Å². The predicted molar refractivity (Wildman–Crippen MR) is 119 cm³/mol. The number of carbonyl (C=O) groups excluding carboxylic acids is 1. The topological polar surface area (TPSA) is 71.8 Å². The van der Waals surface area contributed by atoms with Crippen LogP contribution in [0.1, 0.15) is 39.5 Å². The summed E-state index contributed by atoms with van der Waals surface area (Å²) in [7, 11) is 0. The van der Waals surface area contributed by atoms with Crippen molar-refractivity contribution in [2.24, 2.45) is 0 Å². The molecule has 0 aliphatic carbocycles. The number of Topliss-reactive ketones (excluding diaryl/α,β-unsaturated/α-hetero) is 1. The third-order valence-corrected chi connectivity index (χ3v) is 6.35. The van der Waals surface area contributed by atoms with E-state index in [1.165, 1.54) is 17.3 Å². The average molecular weight is 424 g/mol. The fourth-order valence-electron chi connectivity index (χ4n) is 3.33. The van der Waals surface area contributed by atoms with E-state index in [-0.39, 0.29) is 5.78 Å². The van der Waals surface area contributed by atoms with Crippen LogP contribution in [-0.4, -0.2) is 27.2 Å². The first-order valence-electron chi connectivity index (χ1n) is 9.37. The van der Waals surface area contributed by atoms with Crippen molar-refractivity contribution in [1.29, 1.82) is 0 Å². The van der Waals surface area contributed by atoms with Gasteiger partial charge >= 0.3 is 0 Å². The van der Waals surface area contributed by atoms with Crippen LogP contribution in [0.2, 0.25) is 0 Å². The zero-order chi connectivity index (χ0) is 20.2. The lowest BCUT2D eigenvalue weighted by Gasteiger charge is -2.13. The van der Waals surface area contributed by atoms with Crippen LogP contribution in [0.25, 0.3) is 10.9 Å². The molecule has 0 saturated carbocycles. The molecule has 0 amide bonds. The Hall–Kier alpha value is -2.51. The molecule has 5 nitrogen and oxygen atoms in total. The fraction of sp³-hybridized carbons (Fsp3) is 0.227. The number of aryl methyl sites for hydroxylation is 1. The van der Waals surface area contributed by atoms with Gasteiger partial charge in [-0.2, -0.15) is 11.8 Å². The molecule has 7 heteroatoms. The van der Waals surface area contributed by atoms with Gasteiger partial charge in [0, 0.05) is 22.7 Å². The Labute approximate surface area is 177 Å². The second-order valence-electron chi connectivity index (χ2n) is 6.56. The number of aromatic nitrogens is 3. The first-order chi connectivity index (χ1) is 14.2. The summed E-state index contributed by atoms with van der Waals surface area (Å²) in [5, 5.41) is 9.08. The van der Waals surface area contributed by atoms with Crippen molar-refractivity contribution >= 4 is 40.2 Å². The number of fused-ring (bicyclic) bond motifs is 1. The minimum absolute atomic E-state index is 0.0188. The summed E-state index contributed by atoms with van der Waals surface area (Å²) in [6.45, 7) is 2.11. The number of nitrogens with zero attached hydrogens (tertiary/aromatic N) is 2. The molecule has 4 aromatic rings. The minimum Gasteiger partial charge on any atom is -0.415 e. The molecule has 1 atom stereocenters. The minimum atomic E-state index is -0.469. The molecule has 0 aliphatic heterocycles. The number of hydrogen-bond donors (Lipinski definition) is 1. The lowest BCUT2D eigenvalue weighted by atomic mass is 10.0. The number of thioether (sulfide) groups is 2. The molecule has 0 unspecified atom stereocenters. The number of nitrogens with one attached hydrogen (secondary N) is 1. The van der Waals surface area contributed by atoms with E-state index in [0.29, 0.717) is 22.4 Å². The maximum Gasteiger partial charge on any atom is 0.277 e. The Morgan fingerprint density at radius 1 is 1.14 bits per heavy atom. The molecular formula is C22H21N3O2S2. The molecule has 1 N–H and O–H groups in total. The van der Waals surface area contributed by atoms with Gasteiger partial charge < -0.3 is 9.40 Å². The van der Waals surface area contributed by atoms with Crippen LogP contribution in [0, 0.1) is 0 Å². The summed E-state index contributed by atoms with van der Waals surface area (Å²) in [5.74, 6) is 1.24. The third kappa shape index (κ3) is 4.11. The van der Waals surface area contributed by atoms with Crippen LogP contribution in [0.5, 0.6) is 0 Å². The molecule has 0 radical (unpaired) electrons. The number of benzene rings is 2. The van der Waals surface area contributed by atoms with Crippen molar-refractivity contribution in [2.45, 2.75) is 29.6 Å². The van der Waals surface area contributed by atoms with Crippen molar-refractivity contribution in [1.82, 2.24) is 15.2 Å². The second-order valence-corrected chi connectivity index (χ2v) is 8.49. The Bertz CT molecular complexity index is 1120. The van der Waals surface area contributed by atoms with Gasteiger partial charge in [0.05, 0.1) is 5.75 Å². The van der Waals surface area contributed by atoms with Gasteiger partial charge in [-0.1, -0.05) is 55.5 Å². The number of rotatable bonds is 8. The highest BCUT2D eigenvalue weighted by Gasteiger charge is 2.28. The molecule has 0 aliphatic rings. The first kappa shape index (κ1) is 19.8. The van der Waals surface area contributed by atoms with E-state index in [2.05, 4.69) is 28.2 Å². The van der Waals surface area contributed by atoms with Crippen molar-refractivity contribution in [2.75, 3.05) is 6.26 Å². The van der Waals surface area contributed by atoms with Crippen molar-refractivity contribution in [3.63, 3.8) is 0 Å².